The smallest absolute Gasteiger partial charge is 0.135 e. The zero-order valence-electron chi connectivity index (χ0n) is 34.5. The number of rotatable bonds is 7. The maximum atomic E-state index is 6.96. The first-order chi connectivity index (χ1) is 31.2. The third-order valence-electron chi connectivity index (χ3n) is 13.0. The highest BCUT2D eigenvalue weighted by molar-refractivity contribution is 5.95. The molecule has 12 rings (SSSR count). The third kappa shape index (κ3) is 6.02. The zero-order valence-corrected chi connectivity index (χ0v) is 34.5. The van der Waals surface area contributed by atoms with Crippen LogP contribution in [0.5, 0.6) is 11.5 Å². The summed E-state index contributed by atoms with van der Waals surface area (Å²) in [6.45, 7) is 0. The number of anilines is 3. The molecular weight excluding hydrogens is 763 g/mol. The molecule has 2 nitrogen and oxygen atoms in total. The van der Waals surface area contributed by atoms with Gasteiger partial charge in [0.2, 0.25) is 0 Å². The van der Waals surface area contributed by atoms with E-state index in [-0.39, 0.29) is 0 Å². The molecule has 0 N–H and O–H groups in total. The minimum atomic E-state index is -0.530. The molecule has 0 unspecified atom stereocenters. The minimum Gasteiger partial charge on any atom is -0.456 e. The van der Waals surface area contributed by atoms with Gasteiger partial charge in [-0.3, -0.25) is 0 Å². The van der Waals surface area contributed by atoms with Crippen molar-refractivity contribution < 1.29 is 4.74 Å². The van der Waals surface area contributed by atoms with E-state index in [1.807, 2.05) is 0 Å². The highest BCUT2D eigenvalue weighted by atomic mass is 16.5. The van der Waals surface area contributed by atoms with Crippen LogP contribution in [0, 0.1) is 0 Å². The topological polar surface area (TPSA) is 12.5 Å². The van der Waals surface area contributed by atoms with E-state index >= 15 is 0 Å². The van der Waals surface area contributed by atoms with Crippen LogP contribution in [0.2, 0.25) is 0 Å². The predicted molar refractivity (Wildman–Crippen MR) is 260 cm³/mol. The Bertz CT molecular complexity index is 3250. The second-order valence-electron chi connectivity index (χ2n) is 16.4. The van der Waals surface area contributed by atoms with E-state index in [2.05, 4.69) is 254 Å². The van der Waals surface area contributed by atoms with E-state index < -0.39 is 5.41 Å². The molecule has 10 aromatic carbocycles. The normalized spacial score (nSPS) is 12.7. The van der Waals surface area contributed by atoms with Crippen LogP contribution in [0.25, 0.3) is 55.6 Å². The summed E-state index contributed by atoms with van der Waals surface area (Å²) in [7, 11) is 0. The quantitative estimate of drug-likeness (QED) is 0.159. The van der Waals surface area contributed by atoms with Crippen molar-refractivity contribution in [3.8, 4) is 67.1 Å². The number of nitrogens with zero attached hydrogens (tertiary/aromatic N) is 1. The van der Waals surface area contributed by atoms with Crippen LogP contribution in [-0.4, -0.2) is 0 Å². The molecule has 1 heterocycles. The van der Waals surface area contributed by atoms with Crippen LogP contribution in [-0.2, 0) is 5.41 Å². The molecule has 2 heteroatoms. The lowest BCUT2D eigenvalue weighted by molar-refractivity contribution is 0.488. The Balaban J connectivity index is 1.07. The second kappa shape index (κ2) is 15.1. The number of benzene rings is 10. The molecule has 0 saturated carbocycles. The molecule has 0 aromatic heterocycles. The molecular formula is C61H41NO. The van der Waals surface area contributed by atoms with Crippen molar-refractivity contribution in [3.05, 3.63) is 271 Å². The van der Waals surface area contributed by atoms with Crippen molar-refractivity contribution in [3.63, 3.8) is 0 Å². The summed E-state index contributed by atoms with van der Waals surface area (Å²) in [6.07, 6.45) is 0. The lowest BCUT2D eigenvalue weighted by Crippen LogP contribution is -2.28. The maximum Gasteiger partial charge on any atom is 0.135 e. The molecule has 10 aromatic rings. The van der Waals surface area contributed by atoms with Crippen molar-refractivity contribution in [2.45, 2.75) is 5.41 Å². The minimum absolute atomic E-state index is 0.530. The lowest BCUT2D eigenvalue weighted by atomic mass is 9.67. The molecule has 0 amide bonds. The summed E-state index contributed by atoms with van der Waals surface area (Å²) < 4.78 is 6.96. The van der Waals surface area contributed by atoms with Gasteiger partial charge in [-0.05, 0) is 121 Å². The van der Waals surface area contributed by atoms with E-state index in [0.29, 0.717) is 0 Å². The Kier molecular flexibility index (Phi) is 8.76. The van der Waals surface area contributed by atoms with Gasteiger partial charge in [-0.15, -0.1) is 0 Å². The average Bonchev–Trinajstić information content (AvgIpc) is 3.58. The van der Waals surface area contributed by atoms with Crippen LogP contribution in [0.3, 0.4) is 0 Å². The van der Waals surface area contributed by atoms with E-state index in [1.54, 1.807) is 0 Å². The zero-order chi connectivity index (χ0) is 41.7. The van der Waals surface area contributed by atoms with Gasteiger partial charge in [0.25, 0.3) is 0 Å². The first kappa shape index (κ1) is 36.6. The Morgan fingerprint density at radius 1 is 0.270 bits per heavy atom. The molecule has 0 radical (unpaired) electrons. The Morgan fingerprint density at radius 2 is 0.730 bits per heavy atom. The largest absolute Gasteiger partial charge is 0.456 e. The number of hydrogen-bond acceptors (Lipinski definition) is 2. The van der Waals surface area contributed by atoms with Gasteiger partial charge in [-0.25, -0.2) is 0 Å². The van der Waals surface area contributed by atoms with Crippen LogP contribution >= 0.6 is 0 Å². The van der Waals surface area contributed by atoms with Gasteiger partial charge >= 0.3 is 0 Å². The van der Waals surface area contributed by atoms with Crippen molar-refractivity contribution in [2.75, 3.05) is 4.90 Å². The van der Waals surface area contributed by atoms with Crippen molar-refractivity contribution in [2.24, 2.45) is 0 Å². The SMILES string of the molecule is c1ccc(-c2ccc(N(c3ccc4c(c3)-c3ccccc3-c3ccc(-c5ccccc5)cc3O4)c3ccc4c(c3)C(c3ccccc3)(c3ccccc3)c3ccccc3-4)cc2)cc1. The molecule has 0 fully saturated rings. The lowest BCUT2D eigenvalue weighted by Gasteiger charge is -2.35. The number of hydrogen-bond donors (Lipinski definition) is 0. The van der Waals surface area contributed by atoms with Gasteiger partial charge in [0.05, 0.1) is 5.41 Å². The summed E-state index contributed by atoms with van der Waals surface area (Å²) >= 11 is 0. The summed E-state index contributed by atoms with van der Waals surface area (Å²) in [5.74, 6) is 1.67. The fraction of sp³-hybridized carbons (Fsp3) is 0.0164. The number of fused-ring (bicyclic) bond motifs is 8. The van der Waals surface area contributed by atoms with Crippen molar-refractivity contribution in [1.29, 1.82) is 0 Å². The Hall–Kier alpha value is -8.20. The highest BCUT2D eigenvalue weighted by Crippen LogP contribution is 2.58. The van der Waals surface area contributed by atoms with E-state index in [4.69, 9.17) is 4.74 Å². The van der Waals surface area contributed by atoms with Gasteiger partial charge in [0.15, 0.2) is 0 Å². The van der Waals surface area contributed by atoms with Gasteiger partial charge in [-0.2, -0.15) is 0 Å². The predicted octanol–water partition coefficient (Wildman–Crippen LogP) is 16.3. The van der Waals surface area contributed by atoms with Gasteiger partial charge < -0.3 is 9.64 Å². The van der Waals surface area contributed by atoms with Crippen molar-refractivity contribution >= 4 is 17.1 Å². The van der Waals surface area contributed by atoms with E-state index in [9.17, 15) is 0 Å². The molecule has 63 heavy (non-hydrogen) atoms. The fourth-order valence-corrected chi connectivity index (χ4v) is 10.1. The van der Waals surface area contributed by atoms with E-state index in [1.165, 1.54) is 44.5 Å². The molecule has 0 saturated heterocycles. The molecule has 1 aliphatic heterocycles. The Morgan fingerprint density at radius 3 is 1.40 bits per heavy atom. The third-order valence-corrected chi connectivity index (χ3v) is 13.0. The average molecular weight is 804 g/mol. The standard InChI is InChI=1S/C61H41NO/c1-5-17-42(18-6-1)44-29-32-48(33-30-44)62(49-35-38-59-56(40-49)52-26-14-13-25-51(52)55-36-31-45(39-60(55)63-59)43-19-7-2-8-20-43)50-34-37-54-53-27-15-16-28-57(53)61(58(54)41-50,46-21-9-3-10-22-46)47-23-11-4-12-24-47/h1-41H. The van der Waals surface area contributed by atoms with Gasteiger partial charge in [0.1, 0.15) is 11.5 Å². The van der Waals surface area contributed by atoms with Crippen LogP contribution in [0.4, 0.5) is 17.1 Å². The van der Waals surface area contributed by atoms with E-state index in [0.717, 1.165) is 61.9 Å². The summed E-state index contributed by atoms with van der Waals surface area (Å²) in [5, 5.41) is 0. The monoisotopic (exact) mass is 803 g/mol. The van der Waals surface area contributed by atoms with Crippen molar-refractivity contribution in [1.82, 2.24) is 0 Å². The fourth-order valence-electron chi connectivity index (χ4n) is 10.1. The molecule has 1 aliphatic carbocycles. The highest BCUT2D eigenvalue weighted by Gasteiger charge is 2.46. The van der Waals surface area contributed by atoms with Gasteiger partial charge in [-0.1, -0.05) is 194 Å². The Labute approximate surface area is 368 Å². The van der Waals surface area contributed by atoms with Crippen LogP contribution in [0.15, 0.2) is 249 Å². The second-order valence-corrected chi connectivity index (χ2v) is 16.4. The number of ether oxygens (including phenoxy) is 1. The molecule has 0 atom stereocenters. The van der Waals surface area contributed by atoms with Gasteiger partial charge in [0, 0.05) is 28.2 Å². The maximum absolute atomic E-state index is 6.96. The van der Waals surface area contributed by atoms with Crippen LogP contribution < -0.4 is 9.64 Å². The molecule has 2 aliphatic rings. The van der Waals surface area contributed by atoms with Crippen LogP contribution in [0.1, 0.15) is 22.3 Å². The first-order valence-corrected chi connectivity index (χ1v) is 21.7. The summed E-state index contributed by atoms with van der Waals surface area (Å²) in [4.78, 5) is 2.41. The molecule has 0 bridgehead atoms. The summed E-state index contributed by atoms with van der Waals surface area (Å²) in [6, 6.07) is 90.1. The summed E-state index contributed by atoms with van der Waals surface area (Å²) in [5.41, 5.74) is 19.2. The molecule has 296 valence electrons. The first-order valence-electron chi connectivity index (χ1n) is 21.7. The molecule has 0 spiro atoms.